The third-order valence-corrected chi connectivity index (χ3v) is 3.23. The van der Waals surface area contributed by atoms with Crippen molar-refractivity contribution in [2.75, 3.05) is 5.32 Å². The van der Waals surface area contributed by atoms with E-state index in [9.17, 15) is 13.2 Å². The minimum absolute atomic E-state index is 0.0429. The zero-order valence-electron chi connectivity index (χ0n) is 10.6. The second kappa shape index (κ2) is 5.71. The molecule has 0 saturated carbocycles. The van der Waals surface area contributed by atoms with Gasteiger partial charge in [-0.05, 0) is 42.3 Å². The Hall–Kier alpha value is -1.75. The number of hydrogen-bond acceptors (Lipinski definition) is 2. The monoisotopic (exact) mass is 300 g/mol. The number of aryl methyl sites for hydroxylation is 1. The van der Waals surface area contributed by atoms with Crippen molar-refractivity contribution in [3.8, 4) is 0 Å². The molecule has 6 heteroatoms. The molecule has 106 valence electrons. The van der Waals surface area contributed by atoms with Gasteiger partial charge in [-0.3, -0.25) is 4.98 Å². The number of nitrogens with zero attached hydrogens (tertiary/aromatic N) is 1. The minimum Gasteiger partial charge on any atom is -0.380 e. The number of halogens is 4. The van der Waals surface area contributed by atoms with Crippen molar-refractivity contribution in [3.63, 3.8) is 0 Å². The number of rotatable bonds is 3. The first kappa shape index (κ1) is 14.7. The number of hydrogen-bond donors (Lipinski definition) is 1. The highest BCUT2D eigenvalue weighted by Crippen LogP contribution is 2.33. The Balaban J connectivity index is 2.13. The maximum absolute atomic E-state index is 12.5. The third kappa shape index (κ3) is 3.42. The summed E-state index contributed by atoms with van der Waals surface area (Å²) in [7, 11) is 0. The van der Waals surface area contributed by atoms with Gasteiger partial charge in [0.25, 0.3) is 0 Å². The standard InChI is InChI=1S/C14H12ClF3N2/c1-9-4-5-19-7-10(9)8-20-13-3-2-11(6-12(13)15)14(16,17)18/h2-7,20H,8H2,1H3. The van der Waals surface area contributed by atoms with Gasteiger partial charge >= 0.3 is 6.18 Å². The maximum Gasteiger partial charge on any atom is 0.416 e. The molecule has 0 aliphatic rings. The quantitative estimate of drug-likeness (QED) is 0.890. The Kier molecular flexibility index (Phi) is 4.18. The first-order valence-electron chi connectivity index (χ1n) is 5.88. The van der Waals surface area contributed by atoms with Crippen molar-refractivity contribution in [2.45, 2.75) is 19.6 Å². The van der Waals surface area contributed by atoms with Crippen molar-refractivity contribution in [1.82, 2.24) is 4.98 Å². The molecule has 2 nitrogen and oxygen atoms in total. The lowest BCUT2D eigenvalue weighted by molar-refractivity contribution is -0.137. The van der Waals surface area contributed by atoms with Gasteiger partial charge in [-0.2, -0.15) is 13.2 Å². The normalized spacial score (nSPS) is 11.4. The second-order valence-electron chi connectivity index (χ2n) is 4.35. The van der Waals surface area contributed by atoms with Gasteiger partial charge in [-0.15, -0.1) is 0 Å². The fourth-order valence-electron chi connectivity index (χ4n) is 1.71. The van der Waals surface area contributed by atoms with Gasteiger partial charge in [-0.25, -0.2) is 0 Å². The van der Waals surface area contributed by atoms with Gasteiger partial charge in [0.2, 0.25) is 0 Å². The van der Waals surface area contributed by atoms with E-state index in [0.717, 1.165) is 23.3 Å². The van der Waals surface area contributed by atoms with Crippen LogP contribution in [-0.2, 0) is 12.7 Å². The molecule has 0 saturated heterocycles. The predicted octanol–water partition coefficient (Wildman–Crippen LogP) is 4.67. The molecule has 0 fully saturated rings. The summed E-state index contributed by atoms with van der Waals surface area (Å²) in [4.78, 5) is 4.00. The molecule has 0 aliphatic carbocycles. The molecule has 2 aromatic rings. The lowest BCUT2D eigenvalue weighted by Gasteiger charge is -2.12. The summed E-state index contributed by atoms with van der Waals surface area (Å²) >= 11 is 5.86. The number of alkyl halides is 3. The third-order valence-electron chi connectivity index (χ3n) is 2.91. The van der Waals surface area contributed by atoms with Crippen LogP contribution in [0.1, 0.15) is 16.7 Å². The summed E-state index contributed by atoms with van der Waals surface area (Å²) in [5.41, 5.74) is 1.72. The highest BCUT2D eigenvalue weighted by Gasteiger charge is 2.30. The molecule has 1 N–H and O–H groups in total. The summed E-state index contributed by atoms with van der Waals surface area (Å²) in [5, 5.41) is 3.05. The number of benzene rings is 1. The predicted molar refractivity (Wildman–Crippen MR) is 72.8 cm³/mol. The molecule has 20 heavy (non-hydrogen) atoms. The average molecular weight is 301 g/mol. The largest absolute Gasteiger partial charge is 0.416 e. The van der Waals surface area contributed by atoms with Crippen molar-refractivity contribution in [3.05, 3.63) is 58.4 Å². The van der Waals surface area contributed by atoms with Gasteiger partial charge in [0.05, 0.1) is 16.3 Å². The average Bonchev–Trinajstić information content (AvgIpc) is 2.38. The van der Waals surface area contributed by atoms with E-state index in [4.69, 9.17) is 11.6 Å². The summed E-state index contributed by atoms with van der Waals surface area (Å²) in [6, 6.07) is 5.12. The number of aromatic nitrogens is 1. The molecule has 0 amide bonds. The fraction of sp³-hybridized carbons (Fsp3) is 0.214. The topological polar surface area (TPSA) is 24.9 Å². The maximum atomic E-state index is 12.5. The van der Waals surface area contributed by atoms with Crippen molar-refractivity contribution >= 4 is 17.3 Å². The first-order valence-corrected chi connectivity index (χ1v) is 6.26. The lowest BCUT2D eigenvalue weighted by atomic mass is 10.1. The molecule has 0 unspecified atom stereocenters. The van der Waals surface area contributed by atoms with Gasteiger partial charge in [0.15, 0.2) is 0 Å². The smallest absolute Gasteiger partial charge is 0.380 e. The molecular formula is C14H12ClF3N2. The summed E-state index contributed by atoms with van der Waals surface area (Å²) < 4.78 is 37.5. The summed E-state index contributed by atoms with van der Waals surface area (Å²) in [6.45, 7) is 2.39. The molecule has 0 bridgehead atoms. The lowest BCUT2D eigenvalue weighted by Crippen LogP contribution is -2.06. The van der Waals surface area contributed by atoms with Crippen LogP contribution in [0.4, 0.5) is 18.9 Å². The molecule has 0 radical (unpaired) electrons. The van der Waals surface area contributed by atoms with E-state index in [1.807, 2.05) is 13.0 Å². The zero-order valence-corrected chi connectivity index (χ0v) is 11.4. The van der Waals surface area contributed by atoms with E-state index in [1.54, 1.807) is 12.4 Å². The zero-order chi connectivity index (χ0) is 14.8. The van der Waals surface area contributed by atoms with Gasteiger partial charge in [0.1, 0.15) is 0 Å². The van der Waals surface area contributed by atoms with Crippen LogP contribution in [0.15, 0.2) is 36.7 Å². The van der Waals surface area contributed by atoms with Crippen molar-refractivity contribution < 1.29 is 13.2 Å². The fourth-order valence-corrected chi connectivity index (χ4v) is 1.95. The molecule has 2 rings (SSSR count). The van der Waals surface area contributed by atoms with E-state index >= 15 is 0 Å². The van der Waals surface area contributed by atoms with Crippen molar-refractivity contribution in [1.29, 1.82) is 0 Å². The highest BCUT2D eigenvalue weighted by molar-refractivity contribution is 6.33. The Morgan fingerprint density at radius 3 is 2.60 bits per heavy atom. The van der Waals surface area contributed by atoms with Crippen LogP contribution in [0.25, 0.3) is 0 Å². The molecule has 1 aromatic carbocycles. The molecule has 0 aliphatic heterocycles. The Bertz CT molecular complexity index is 612. The number of pyridine rings is 1. The number of nitrogens with one attached hydrogen (secondary N) is 1. The van der Waals surface area contributed by atoms with Crippen LogP contribution < -0.4 is 5.32 Å². The van der Waals surface area contributed by atoms with E-state index < -0.39 is 11.7 Å². The Morgan fingerprint density at radius 2 is 2.00 bits per heavy atom. The van der Waals surface area contributed by atoms with E-state index in [0.29, 0.717) is 12.2 Å². The minimum atomic E-state index is -4.39. The van der Waals surface area contributed by atoms with E-state index in [2.05, 4.69) is 10.3 Å². The molecule has 0 spiro atoms. The van der Waals surface area contributed by atoms with E-state index in [-0.39, 0.29) is 5.02 Å². The second-order valence-corrected chi connectivity index (χ2v) is 4.76. The Morgan fingerprint density at radius 1 is 1.25 bits per heavy atom. The van der Waals surface area contributed by atoms with Crippen LogP contribution >= 0.6 is 11.6 Å². The van der Waals surface area contributed by atoms with Crippen LogP contribution in [0.2, 0.25) is 5.02 Å². The van der Waals surface area contributed by atoms with Crippen LogP contribution in [-0.4, -0.2) is 4.98 Å². The van der Waals surface area contributed by atoms with Crippen LogP contribution in [0, 0.1) is 6.92 Å². The first-order chi connectivity index (χ1) is 9.38. The summed E-state index contributed by atoms with van der Waals surface area (Å²) in [5.74, 6) is 0. The SMILES string of the molecule is Cc1ccncc1CNc1ccc(C(F)(F)F)cc1Cl. The van der Waals surface area contributed by atoms with Gasteiger partial charge < -0.3 is 5.32 Å². The molecule has 1 aromatic heterocycles. The van der Waals surface area contributed by atoms with Crippen molar-refractivity contribution in [2.24, 2.45) is 0 Å². The van der Waals surface area contributed by atoms with Gasteiger partial charge in [0, 0.05) is 18.9 Å². The number of anilines is 1. The van der Waals surface area contributed by atoms with E-state index in [1.165, 1.54) is 6.07 Å². The van der Waals surface area contributed by atoms with Gasteiger partial charge in [-0.1, -0.05) is 11.6 Å². The Labute approximate surface area is 119 Å². The highest BCUT2D eigenvalue weighted by atomic mass is 35.5. The van der Waals surface area contributed by atoms with Crippen LogP contribution in [0.3, 0.4) is 0 Å². The molecular weight excluding hydrogens is 289 g/mol. The van der Waals surface area contributed by atoms with Crippen LogP contribution in [0.5, 0.6) is 0 Å². The molecule has 1 heterocycles. The summed E-state index contributed by atoms with van der Waals surface area (Å²) in [6.07, 6.45) is -0.994. The molecule has 0 atom stereocenters.